The van der Waals surface area contributed by atoms with Crippen LogP contribution in [-0.4, -0.2) is 4.57 Å². The van der Waals surface area contributed by atoms with E-state index >= 15 is 0 Å². The molecule has 0 radical (unpaired) electrons. The molecular formula is C27H23ClN2. The number of halogens is 1. The summed E-state index contributed by atoms with van der Waals surface area (Å²) in [6, 6.07) is 29.9. The second-order valence-corrected chi connectivity index (χ2v) is 8.34. The molecule has 5 aromatic rings. The van der Waals surface area contributed by atoms with E-state index in [1.54, 1.807) is 0 Å². The standard InChI is InChI=1S/C27H23ClN2/c1-18-8-12-21(13-9-18)30(22-14-10-19(2)11-15-22)26-17-20(28)16-24-23-6-4-5-7-25(23)29(3)27(24)26/h4-17H,1-3H3. The third-order valence-corrected chi connectivity index (χ3v) is 5.99. The number of benzene rings is 4. The largest absolute Gasteiger partial charge is 0.342 e. The maximum atomic E-state index is 6.67. The molecule has 0 saturated heterocycles. The van der Waals surface area contributed by atoms with Crippen molar-refractivity contribution in [3.8, 4) is 0 Å². The van der Waals surface area contributed by atoms with Gasteiger partial charge in [-0.2, -0.15) is 0 Å². The van der Waals surface area contributed by atoms with Gasteiger partial charge in [-0.15, -0.1) is 0 Å². The van der Waals surface area contributed by atoms with Crippen molar-refractivity contribution >= 4 is 50.5 Å². The van der Waals surface area contributed by atoms with E-state index in [1.165, 1.54) is 32.9 Å². The SMILES string of the molecule is Cc1ccc(N(c2ccc(C)cc2)c2cc(Cl)cc3c4ccccc4n(C)c23)cc1. The number of hydrogen-bond acceptors (Lipinski definition) is 1. The molecule has 30 heavy (non-hydrogen) atoms. The van der Waals surface area contributed by atoms with Gasteiger partial charge in [-0.3, -0.25) is 0 Å². The van der Waals surface area contributed by atoms with Crippen LogP contribution in [-0.2, 0) is 7.05 Å². The number of aromatic nitrogens is 1. The van der Waals surface area contributed by atoms with E-state index in [0.29, 0.717) is 0 Å². The fourth-order valence-corrected chi connectivity index (χ4v) is 4.45. The van der Waals surface area contributed by atoms with Crippen LogP contribution in [0.15, 0.2) is 84.9 Å². The van der Waals surface area contributed by atoms with Crippen molar-refractivity contribution < 1.29 is 0 Å². The smallest absolute Gasteiger partial charge is 0.0734 e. The topological polar surface area (TPSA) is 8.17 Å². The van der Waals surface area contributed by atoms with Gasteiger partial charge in [-0.1, -0.05) is 65.2 Å². The molecule has 0 unspecified atom stereocenters. The molecule has 0 amide bonds. The second-order valence-electron chi connectivity index (χ2n) is 7.90. The Kier molecular flexibility index (Phi) is 4.52. The van der Waals surface area contributed by atoms with Crippen molar-refractivity contribution in [1.29, 1.82) is 0 Å². The summed E-state index contributed by atoms with van der Waals surface area (Å²) in [5, 5.41) is 3.12. The maximum Gasteiger partial charge on any atom is 0.0734 e. The molecule has 0 bridgehead atoms. The molecule has 0 aliphatic rings. The van der Waals surface area contributed by atoms with Crippen LogP contribution in [0.4, 0.5) is 17.1 Å². The zero-order chi connectivity index (χ0) is 20.8. The molecule has 148 valence electrons. The molecule has 0 N–H and O–H groups in total. The molecule has 0 atom stereocenters. The van der Waals surface area contributed by atoms with Crippen molar-refractivity contribution in [2.24, 2.45) is 7.05 Å². The van der Waals surface area contributed by atoms with Gasteiger partial charge in [0.2, 0.25) is 0 Å². The lowest BCUT2D eigenvalue weighted by atomic mass is 10.1. The van der Waals surface area contributed by atoms with Crippen molar-refractivity contribution in [3.05, 3.63) is 101 Å². The molecule has 1 aromatic heterocycles. The Balaban J connectivity index is 1.87. The van der Waals surface area contributed by atoms with Gasteiger partial charge < -0.3 is 9.47 Å². The number of hydrogen-bond donors (Lipinski definition) is 0. The number of rotatable bonds is 3. The van der Waals surface area contributed by atoms with E-state index in [0.717, 1.165) is 22.1 Å². The van der Waals surface area contributed by atoms with Gasteiger partial charge in [0.05, 0.1) is 11.2 Å². The summed E-state index contributed by atoms with van der Waals surface area (Å²) in [6.07, 6.45) is 0. The second kappa shape index (κ2) is 7.23. The summed E-state index contributed by atoms with van der Waals surface area (Å²) in [6.45, 7) is 4.23. The fourth-order valence-electron chi connectivity index (χ4n) is 4.24. The Bertz CT molecular complexity index is 1320. The highest BCUT2D eigenvalue weighted by molar-refractivity contribution is 6.33. The van der Waals surface area contributed by atoms with Gasteiger partial charge in [0.25, 0.3) is 0 Å². The van der Waals surface area contributed by atoms with E-state index < -0.39 is 0 Å². The van der Waals surface area contributed by atoms with Gasteiger partial charge >= 0.3 is 0 Å². The number of aryl methyl sites for hydroxylation is 3. The van der Waals surface area contributed by atoms with Crippen LogP contribution in [0.5, 0.6) is 0 Å². The molecular weight excluding hydrogens is 388 g/mol. The van der Waals surface area contributed by atoms with Gasteiger partial charge in [0.1, 0.15) is 0 Å². The quantitative estimate of drug-likeness (QED) is 0.292. The van der Waals surface area contributed by atoms with Crippen LogP contribution < -0.4 is 4.90 Å². The summed E-state index contributed by atoms with van der Waals surface area (Å²) in [4.78, 5) is 2.30. The third-order valence-electron chi connectivity index (χ3n) is 5.77. The molecule has 2 nitrogen and oxygen atoms in total. The van der Waals surface area contributed by atoms with Crippen molar-refractivity contribution in [2.45, 2.75) is 13.8 Å². The average Bonchev–Trinajstić information content (AvgIpc) is 3.03. The first-order valence-corrected chi connectivity index (χ1v) is 10.5. The van der Waals surface area contributed by atoms with E-state index in [4.69, 9.17) is 11.6 Å². The highest BCUT2D eigenvalue weighted by Crippen LogP contribution is 2.43. The lowest BCUT2D eigenvalue weighted by Gasteiger charge is -2.27. The molecule has 5 rings (SSSR count). The van der Waals surface area contributed by atoms with Gasteiger partial charge in [0, 0.05) is 39.7 Å². The fraction of sp³-hybridized carbons (Fsp3) is 0.111. The van der Waals surface area contributed by atoms with Crippen LogP contribution in [0.1, 0.15) is 11.1 Å². The summed E-state index contributed by atoms with van der Waals surface area (Å²) in [7, 11) is 2.13. The average molecular weight is 411 g/mol. The summed E-state index contributed by atoms with van der Waals surface area (Å²) in [5.74, 6) is 0. The third kappa shape index (κ3) is 3.05. The predicted octanol–water partition coefficient (Wildman–Crippen LogP) is 8.07. The molecule has 0 aliphatic heterocycles. The Hall–Kier alpha value is -3.23. The Morgan fingerprint density at radius 2 is 1.27 bits per heavy atom. The van der Waals surface area contributed by atoms with Gasteiger partial charge in [-0.05, 0) is 56.3 Å². The van der Waals surface area contributed by atoms with Gasteiger partial charge in [-0.25, -0.2) is 0 Å². The first kappa shape index (κ1) is 18.8. The molecule has 0 spiro atoms. The van der Waals surface area contributed by atoms with Gasteiger partial charge in [0.15, 0.2) is 0 Å². The number of nitrogens with zero attached hydrogens (tertiary/aromatic N) is 2. The minimum Gasteiger partial charge on any atom is -0.342 e. The summed E-state index contributed by atoms with van der Waals surface area (Å²) in [5.41, 5.74) is 8.14. The van der Waals surface area contributed by atoms with E-state index in [9.17, 15) is 0 Å². The number of para-hydroxylation sites is 1. The summed E-state index contributed by atoms with van der Waals surface area (Å²) >= 11 is 6.67. The molecule has 0 aliphatic carbocycles. The van der Waals surface area contributed by atoms with E-state index in [1.807, 2.05) is 0 Å². The first-order valence-electron chi connectivity index (χ1n) is 10.1. The minimum atomic E-state index is 0.734. The van der Waals surface area contributed by atoms with Crippen LogP contribution >= 0.6 is 11.6 Å². The summed E-state index contributed by atoms with van der Waals surface area (Å²) < 4.78 is 2.27. The molecule has 3 heteroatoms. The Morgan fingerprint density at radius 1 is 0.700 bits per heavy atom. The van der Waals surface area contributed by atoms with Crippen LogP contribution in [0.25, 0.3) is 21.8 Å². The van der Waals surface area contributed by atoms with E-state index in [2.05, 4.69) is 115 Å². The predicted molar refractivity (Wildman–Crippen MR) is 130 cm³/mol. The lowest BCUT2D eigenvalue weighted by molar-refractivity contribution is 1.01. The van der Waals surface area contributed by atoms with Crippen molar-refractivity contribution in [2.75, 3.05) is 4.90 Å². The van der Waals surface area contributed by atoms with Crippen LogP contribution in [0, 0.1) is 13.8 Å². The Labute approximate surface area is 181 Å². The Morgan fingerprint density at radius 3 is 1.87 bits per heavy atom. The van der Waals surface area contributed by atoms with Crippen molar-refractivity contribution in [3.63, 3.8) is 0 Å². The molecule has 0 fully saturated rings. The zero-order valence-corrected chi connectivity index (χ0v) is 18.1. The lowest BCUT2D eigenvalue weighted by Crippen LogP contribution is -2.11. The number of fused-ring (bicyclic) bond motifs is 3. The van der Waals surface area contributed by atoms with Crippen molar-refractivity contribution in [1.82, 2.24) is 4.57 Å². The molecule has 1 heterocycles. The highest BCUT2D eigenvalue weighted by atomic mass is 35.5. The van der Waals surface area contributed by atoms with Crippen LogP contribution in [0.3, 0.4) is 0 Å². The molecule has 0 saturated carbocycles. The van der Waals surface area contributed by atoms with E-state index in [-0.39, 0.29) is 0 Å². The molecule has 4 aromatic carbocycles. The minimum absolute atomic E-state index is 0.734. The zero-order valence-electron chi connectivity index (χ0n) is 17.4. The maximum absolute atomic E-state index is 6.67. The first-order chi connectivity index (χ1) is 14.5. The number of anilines is 3. The van der Waals surface area contributed by atoms with Crippen LogP contribution in [0.2, 0.25) is 5.02 Å². The monoisotopic (exact) mass is 410 g/mol. The highest BCUT2D eigenvalue weighted by Gasteiger charge is 2.20. The normalized spacial score (nSPS) is 11.3.